The third kappa shape index (κ3) is 3.40. The molecule has 0 spiro atoms. The van der Waals surface area contributed by atoms with Crippen molar-refractivity contribution in [1.29, 1.82) is 0 Å². The van der Waals surface area contributed by atoms with Gasteiger partial charge in [0.1, 0.15) is 0 Å². The van der Waals surface area contributed by atoms with E-state index in [1.165, 1.54) is 24.8 Å². The molecule has 5 nitrogen and oxygen atoms in total. The molecule has 2 aromatic heterocycles. The van der Waals surface area contributed by atoms with E-state index in [-0.39, 0.29) is 11.4 Å². The van der Waals surface area contributed by atoms with Crippen molar-refractivity contribution in [3.8, 4) is 16.4 Å². The van der Waals surface area contributed by atoms with Crippen molar-refractivity contribution >= 4 is 17.2 Å². The van der Waals surface area contributed by atoms with Crippen LogP contribution >= 0.6 is 11.3 Å². The number of carbonyl (C=O) groups excluding carboxylic acids is 1. The van der Waals surface area contributed by atoms with Crippen molar-refractivity contribution < 1.29 is 4.79 Å². The Balaban J connectivity index is 1.26. The van der Waals surface area contributed by atoms with Gasteiger partial charge in [0, 0.05) is 16.5 Å². The third-order valence-electron chi connectivity index (χ3n) is 7.89. The standard InChI is InChI=1S/C26H30N4OS/c1-3-23-21(24(31)29-26-11-17-8-18(12-26)10-19(9-17)13-26)14-27-30(23)25-28-22(15-32-25)20-6-4-16(2)5-7-20/h4-7,14-15,17-19H,3,8-13H2,1-2H3,(H,29,31). The number of aryl methyl sites for hydroxylation is 1. The molecule has 0 aliphatic heterocycles. The molecule has 0 atom stereocenters. The van der Waals surface area contributed by atoms with Gasteiger partial charge >= 0.3 is 0 Å². The van der Waals surface area contributed by atoms with Crippen molar-refractivity contribution in [1.82, 2.24) is 20.1 Å². The van der Waals surface area contributed by atoms with Crippen LogP contribution in [0.15, 0.2) is 35.8 Å². The number of nitrogens with zero attached hydrogens (tertiary/aromatic N) is 3. The zero-order chi connectivity index (χ0) is 21.9. The van der Waals surface area contributed by atoms with Gasteiger partial charge in [-0.05, 0) is 69.6 Å². The number of hydrogen-bond donors (Lipinski definition) is 1. The molecule has 0 radical (unpaired) electrons. The van der Waals surface area contributed by atoms with Gasteiger partial charge in [-0.2, -0.15) is 5.10 Å². The predicted molar refractivity (Wildman–Crippen MR) is 127 cm³/mol. The maximum atomic E-state index is 13.4. The zero-order valence-corrected chi connectivity index (χ0v) is 19.6. The van der Waals surface area contributed by atoms with Crippen LogP contribution in [-0.2, 0) is 6.42 Å². The molecule has 0 saturated heterocycles. The number of thiazole rings is 1. The topological polar surface area (TPSA) is 59.8 Å². The lowest BCUT2D eigenvalue weighted by molar-refractivity contribution is -0.0167. The minimum Gasteiger partial charge on any atom is -0.346 e. The maximum absolute atomic E-state index is 13.4. The summed E-state index contributed by atoms with van der Waals surface area (Å²) >= 11 is 1.57. The molecule has 1 aromatic carbocycles. The molecule has 4 fully saturated rings. The molecule has 1 amide bonds. The molecule has 4 bridgehead atoms. The molecule has 0 unspecified atom stereocenters. The van der Waals surface area contributed by atoms with Crippen molar-refractivity contribution in [3.63, 3.8) is 0 Å². The third-order valence-corrected chi connectivity index (χ3v) is 8.70. The lowest BCUT2D eigenvalue weighted by Gasteiger charge is -2.56. The van der Waals surface area contributed by atoms with Crippen LogP contribution in [0.5, 0.6) is 0 Å². The molecule has 3 aromatic rings. The molecule has 166 valence electrons. The first kappa shape index (κ1) is 20.2. The number of carbonyl (C=O) groups is 1. The SMILES string of the molecule is CCc1c(C(=O)NC23CC4CC(CC(C4)C2)C3)cnn1-c1nc(-c2ccc(C)cc2)cs1. The highest BCUT2D eigenvalue weighted by Crippen LogP contribution is 2.55. The molecule has 4 aliphatic carbocycles. The summed E-state index contributed by atoms with van der Waals surface area (Å²) in [7, 11) is 0. The minimum atomic E-state index is 0.0126. The average molecular weight is 447 g/mol. The van der Waals surface area contributed by atoms with Crippen LogP contribution in [0.1, 0.15) is 67.1 Å². The number of hydrogen-bond acceptors (Lipinski definition) is 4. The van der Waals surface area contributed by atoms with Gasteiger partial charge in [0.05, 0.1) is 23.1 Å². The average Bonchev–Trinajstić information content (AvgIpc) is 3.40. The second-order valence-electron chi connectivity index (χ2n) is 10.3. The number of aromatic nitrogens is 3. The lowest BCUT2D eigenvalue weighted by Crippen LogP contribution is -2.59. The Kier molecular flexibility index (Phi) is 4.75. The lowest BCUT2D eigenvalue weighted by atomic mass is 9.53. The van der Waals surface area contributed by atoms with E-state index in [0.717, 1.165) is 65.5 Å². The fraction of sp³-hybridized carbons (Fsp3) is 0.500. The Morgan fingerprint density at radius 1 is 1.12 bits per heavy atom. The van der Waals surface area contributed by atoms with Gasteiger partial charge in [0.15, 0.2) is 0 Å². The Bertz CT molecular complexity index is 1120. The summed E-state index contributed by atoms with van der Waals surface area (Å²) in [5, 5.41) is 11.0. The summed E-state index contributed by atoms with van der Waals surface area (Å²) in [6.45, 7) is 4.17. The monoisotopic (exact) mass is 446 g/mol. The summed E-state index contributed by atoms with van der Waals surface area (Å²) < 4.78 is 1.86. The Labute approximate surface area is 193 Å². The molecular formula is C26H30N4OS. The van der Waals surface area contributed by atoms with Crippen LogP contribution in [0.3, 0.4) is 0 Å². The van der Waals surface area contributed by atoms with Crippen molar-refractivity contribution in [2.24, 2.45) is 17.8 Å². The van der Waals surface area contributed by atoms with E-state index in [4.69, 9.17) is 4.98 Å². The van der Waals surface area contributed by atoms with E-state index in [2.05, 4.69) is 53.9 Å². The normalized spacial score (nSPS) is 28.2. The minimum absolute atomic E-state index is 0.0126. The van der Waals surface area contributed by atoms with Gasteiger partial charge in [-0.3, -0.25) is 4.79 Å². The highest BCUT2D eigenvalue weighted by molar-refractivity contribution is 7.12. The van der Waals surface area contributed by atoms with E-state index >= 15 is 0 Å². The van der Waals surface area contributed by atoms with Gasteiger partial charge in [0.2, 0.25) is 5.13 Å². The van der Waals surface area contributed by atoms with Crippen LogP contribution in [0.2, 0.25) is 0 Å². The number of rotatable bonds is 5. The summed E-state index contributed by atoms with van der Waals surface area (Å²) in [4.78, 5) is 18.3. The van der Waals surface area contributed by atoms with Crippen LogP contribution in [-0.4, -0.2) is 26.2 Å². The zero-order valence-electron chi connectivity index (χ0n) is 18.8. The largest absolute Gasteiger partial charge is 0.346 e. The van der Waals surface area contributed by atoms with Crippen molar-refractivity contribution in [3.05, 3.63) is 52.7 Å². The van der Waals surface area contributed by atoms with Gasteiger partial charge in [-0.1, -0.05) is 36.8 Å². The predicted octanol–water partition coefficient (Wildman–Crippen LogP) is 5.57. The Morgan fingerprint density at radius 2 is 1.78 bits per heavy atom. The fourth-order valence-electron chi connectivity index (χ4n) is 6.86. The molecular weight excluding hydrogens is 416 g/mol. The molecule has 4 saturated carbocycles. The number of nitrogens with one attached hydrogen (secondary N) is 1. The van der Waals surface area contributed by atoms with Crippen molar-refractivity contribution in [2.75, 3.05) is 0 Å². The Hall–Kier alpha value is -2.47. The van der Waals surface area contributed by atoms with Gasteiger partial charge in [-0.25, -0.2) is 9.67 Å². The molecule has 7 rings (SSSR count). The van der Waals surface area contributed by atoms with Crippen LogP contribution < -0.4 is 5.32 Å². The first-order chi connectivity index (χ1) is 15.5. The van der Waals surface area contributed by atoms with Gasteiger partial charge in [0.25, 0.3) is 5.91 Å². The fourth-order valence-corrected chi connectivity index (χ4v) is 7.67. The summed E-state index contributed by atoms with van der Waals surface area (Å²) in [5.41, 5.74) is 4.94. The number of benzene rings is 1. The molecule has 32 heavy (non-hydrogen) atoms. The van der Waals surface area contributed by atoms with Crippen LogP contribution in [0, 0.1) is 24.7 Å². The molecule has 4 aliphatic rings. The van der Waals surface area contributed by atoms with Crippen molar-refractivity contribution in [2.45, 2.75) is 64.3 Å². The second-order valence-corrected chi connectivity index (χ2v) is 11.1. The summed E-state index contributed by atoms with van der Waals surface area (Å²) in [6.07, 6.45) is 10.1. The van der Waals surface area contributed by atoms with E-state index in [1.807, 2.05) is 4.68 Å². The maximum Gasteiger partial charge on any atom is 0.255 e. The highest BCUT2D eigenvalue weighted by Gasteiger charge is 2.51. The smallest absolute Gasteiger partial charge is 0.255 e. The van der Waals surface area contributed by atoms with Crippen LogP contribution in [0.25, 0.3) is 16.4 Å². The highest BCUT2D eigenvalue weighted by atomic mass is 32.1. The van der Waals surface area contributed by atoms with Crippen LogP contribution in [0.4, 0.5) is 0 Å². The van der Waals surface area contributed by atoms with E-state index < -0.39 is 0 Å². The molecule has 1 N–H and O–H groups in total. The summed E-state index contributed by atoms with van der Waals surface area (Å²) in [5.74, 6) is 2.48. The van der Waals surface area contributed by atoms with E-state index in [0.29, 0.717) is 5.56 Å². The summed E-state index contributed by atoms with van der Waals surface area (Å²) in [6, 6.07) is 8.41. The van der Waals surface area contributed by atoms with E-state index in [9.17, 15) is 4.79 Å². The van der Waals surface area contributed by atoms with Gasteiger partial charge < -0.3 is 5.32 Å². The number of amides is 1. The molecule has 2 heterocycles. The first-order valence-electron chi connectivity index (χ1n) is 11.9. The molecule has 6 heteroatoms. The Morgan fingerprint density at radius 3 is 2.41 bits per heavy atom. The first-order valence-corrected chi connectivity index (χ1v) is 12.8. The quantitative estimate of drug-likeness (QED) is 0.558. The van der Waals surface area contributed by atoms with E-state index in [1.54, 1.807) is 17.5 Å². The van der Waals surface area contributed by atoms with Gasteiger partial charge in [-0.15, -0.1) is 11.3 Å². The second kappa shape index (κ2) is 7.55.